The van der Waals surface area contributed by atoms with Crippen molar-refractivity contribution in [2.45, 2.75) is 12.3 Å². The van der Waals surface area contributed by atoms with Crippen molar-refractivity contribution in [2.24, 2.45) is 0 Å². The summed E-state index contributed by atoms with van der Waals surface area (Å²) in [5.74, 6) is 0.511. The molecule has 1 amide bonds. The van der Waals surface area contributed by atoms with Crippen LogP contribution in [0.4, 0.5) is 5.69 Å². The molecule has 0 aromatic heterocycles. The van der Waals surface area contributed by atoms with Crippen LogP contribution in [0.5, 0.6) is 11.5 Å². The monoisotopic (exact) mass is 347 g/mol. The molecule has 0 aliphatic rings. The van der Waals surface area contributed by atoms with Crippen molar-refractivity contribution >= 4 is 11.6 Å². The molecule has 3 aromatic rings. The lowest BCUT2D eigenvalue weighted by atomic mass is 9.87. The number of para-hydroxylation sites is 1. The molecule has 0 spiro atoms. The van der Waals surface area contributed by atoms with Crippen molar-refractivity contribution in [1.82, 2.24) is 0 Å². The number of hydrogen-bond donors (Lipinski definition) is 2. The quantitative estimate of drug-likeness (QED) is 0.687. The summed E-state index contributed by atoms with van der Waals surface area (Å²) < 4.78 is 5.19. The Hall–Kier alpha value is -3.27. The highest BCUT2D eigenvalue weighted by Crippen LogP contribution is 2.34. The van der Waals surface area contributed by atoms with Gasteiger partial charge >= 0.3 is 0 Å². The Balaban J connectivity index is 1.84. The number of anilines is 1. The van der Waals surface area contributed by atoms with Crippen LogP contribution in [0, 0.1) is 0 Å². The number of amides is 1. The predicted molar refractivity (Wildman–Crippen MR) is 103 cm³/mol. The SMILES string of the molecule is COc1cccc(NC(=O)C[C@H](c2ccccc2)c2ccccc2O)c1. The zero-order valence-corrected chi connectivity index (χ0v) is 14.6. The van der Waals surface area contributed by atoms with E-state index in [0.29, 0.717) is 11.4 Å². The van der Waals surface area contributed by atoms with Gasteiger partial charge in [0.1, 0.15) is 11.5 Å². The van der Waals surface area contributed by atoms with E-state index in [1.807, 2.05) is 60.7 Å². The maximum Gasteiger partial charge on any atom is 0.225 e. The second kappa shape index (κ2) is 8.21. The Morgan fingerprint density at radius 1 is 1.00 bits per heavy atom. The highest BCUT2D eigenvalue weighted by Gasteiger charge is 2.21. The highest BCUT2D eigenvalue weighted by atomic mass is 16.5. The van der Waals surface area contributed by atoms with E-state index in [1.54, 1.807) is 25.3 Å². The predicted octanol–water partition coefficient (Wildman–Crippen LogP) is 4.56. The zero-order chi connectivity index (χ0) is 18.4. The van der Waals surface area contributed by atoms with Crippen LogP contribution in [0.25, 0.3) is 0 Å². The molecule has 4 nitrogen and oxygen atoms in total. The summed E-state index contributed by atoms with van der Waals surface area (Å²) in [5, 5.41) is 13.2. The number of aromatic hydroxyl groups is 1. The Labute approximate surface area is 153 Å². The van der Waals surface area contributed by atoms with Crippen LogP contribution in [0.15, 0.2) is 78.9 Å². The van der Waals surface area contributed by atoms with Crippen molar-refractivity contribution in [3.05, 3.63) is 90.0 Å². The van der Waals surface area contributed by atoms with Gasteiger partial charge in [0.15, 0.2) is 0 Å². The molecule has 0 bridgehead atoms. The summed E-state index contributed by atoms with van der Waals surface area (Å²) in [6.07, 6.45) is 0.221. The van der Waals surface area contributed by atoms with E-state index in [-0.39, 0.29) is 24.0 Å². The van der Waals surface area contributed by atoms with Crippen molar-refractivity contribution < 1.29 is 14.6 Å². The van der Waals surface area contributed by atoms with Crippen LogP contribution in [0.2, 0.25) is 0 Å². The van der Waals surface area contributed by atoms with Crippen LogP contribution < -0.4 is 10.1 Å². The molecule has 132 valence electrons. The summed E-state index contributed by atoms with van der Waals surface area (Å²) in [7, 11) is 1.59. The van der Waals surface area contributed by atoms with Crippen molar-refractivity contribution in [3.63, 3.8) is 0 Å². The lowest BCUT2D eigenvalue weighted by Gasteiger charge is -2.19. The number of nitrogens with one attached hydrogen (secondary N) is 1. The molecule has 1 atom stereocenters. The molecule has 0 radical (unpaired) electrons. The molecular weight excluding hydrogens is 326 g/mol. The Kier molecular flexibility index (Phi) is 5.54. The van der Waals surface area contributed by atoms with E-state index in [4.69, 9.17) is 4.74 Å². The van der Waals surface area contributed by atoms with Crippen LogP contribution in [-0.2, 0) is 4.79 Å². The van der Waals surface area contributed by atoms with Crippen LogP contribution in [0.3, 0.4) is 0 Å². The maximum absolute atomic E-state index is 12.6. The first-order chi connectivity index (χ1) is 12.7. The van der Waals surface area contributed by atoms with Crippen LogP contribution in [0.1, 0.15) is 23.5 Å². The first-order valence-corrected chi connectivity index (χ1v) is 8.44. The fourth-order valence-corrected chi connectivity index (χ4v) is 2.97. The van der Waals surface area contributed by atoms with Gasteiger partial charge < -0.3 is 15.2 Å². The van der Waals surface area contributed by atoms with Gasteiger partial charge in [-0.3, -0.25) is 4.79 Å². The van der Waals surface area contributed by atoms with Crippen LogP contribution >= 0.6 is 0 Å². The third-order valence-corrected chi connectivity index (χ3v) is 4.26. The van der Waals surface area contributed by atoms with Gasteiger partial charge in [0.2, 0.25) is 5.91 Å². The van der Waals surface area contributed by atoms with E-state index >= 15 is 0 Å². The molecule has 4 heteroatoms. The third-order valence-electron chi connectivity index (χ3n) is 4.26. The zero-order valence-electron chi connectivity index (χ0n) is 14.6. The average molecular weight is 347 g/mol. The van der Waals surface area contributed by atoms with Gasteiger partial charge in [-0.15, -0.1) is 0 Å². The fraction of sp³-hybridized carbons (Fsp3) is 0.136. The Bertz CT molecular complexity index is 877. The minimum absolute atomic E-state index is 0.129. The second-order valence-electron chi connectivity index (χ2n) is 6.01. The number of phenolic OH excluding ortho intramolecular Hbond substituents is 1. The number of ether oxygens (including phenoxy) is 1. The Morgan fingerprint density at radius 3 is 2.46 bits per heavy atom. The van der Waals surface area contributed by atoms with E-state index in [1.165, 1.54) is 0 Å². The van der Waals surface area contributed by atoms with Crippen molar-refractivity contribution in [1.29, 1.82) is 0 Å². The molecule has 3 aromatic carbocycles. The fourth-order valence-electron chi connectivity index (χ4n) is 2.97. The van der Waals surface area contributed by atoms with Crippen molar-refractivity contribution in [3.8, 4) is 11.5 Å². The summed E-state index contributed by atoms with van der Waals surface area (Å²) in [5.41, 5.74) is 2.40. The summed E-state index contributed by atoms with van der Waals surface area (Å²) >= 11 is 0. The minimum Gasteiger partial charge on any atom is -0.508 e. The lowest BCUT2D eigenvalue weighted by Crippen LogP contribution is -2.16. The standard InChI is InChI=1S/C22H21NO3/c1-26-18-11-7-10-17(14-18)23-22(25)15-20(16-8-3-2-4-9-16)19-12-5-6-13-21(19)24/h2-14,20,24H,15H2,1H3,(H,23,25)/t20-/m1/s1. The number of phenols is 1. The van der Waals surface area contributed by atoms with Gasteiger partial charge in [0, 0.05) is 29.7 Å². The molecule has 0 aliphatic carbocycles. The van der Waals surface area contributed by atoms with Crippen molar-refractivity contribution in [2.75, 3.05) is 12.4 Å². The smallest absolute Gasteiger partial charge is 0.225 e. The molecule has 3 rings (SSSR count). The largest absolute Gasteiger partial charge is 0.508 e. The van der Waals surface area contributed by atoms with Gasteiger partial charge in [0.25, 0.3) is 0 Å². The molecule has 26 heavy (non-hydrogen) atoms. The van der Waals surface area contributed by atoms with E-state index in [2.05, 4.69) is 5.32 Å². The van der Waals surface area contributed by atoms with Gasteiger partial charge in [-0.2, -0.15) is 0 Å². The summed E-state index contributed by atoms with van der Waals surface area (Å²) in [4.78, 5) is 12.6. The van der Waals surface area contributed by atoms with Gasteiger partial charge in [0.05, 0.1) is 7.11 Å². The van der Waals surface area contributed by atoms with E-state index in [9.17, 15) is 9.90 Å². The normalized spacial score (nSPS) is 11.6. The molecule has 0 saturated heterocycles. The first kappa shape index (κ1) is 17.5. The minimum atomic E-state index is -0.233. The molecule has 0 unspecified atom stereocenters. The molecule has 0 saturated carbocycles. The highest BCUT2D eigenvalue weighted by molar-refractivity contribution is 5.91. The molecule has 0 aliphatic heterocycles. The van der Waals surface area contributed by atoms with Crippen LogP contribution in [-0.4, -0.2) is 18.1 Å². The first-order valence-electron chi connectivity index (χ1n) is 8.44. The Morgan fingerprint density at radius 2 is 1.73 bits per heavy atom. The maximum atomic E-state index is 12.6. The number of carbonyl (C=O) groups is 1. The number of methoxy groups -OCH3 is 1. The molecule has 0 fully saturated rings. The number of rotatable bonds is 6. The topological polar surface area (TPSA) is 58.6 Å². The average Bonchev–Trinajstić information content (AvgIpc) is 2.67. The molecule has 0 heterocycles. The van der Waals surface area contributed by atoms with Gasteiger partial charge in [-0.25, -0.2) is 0 Å². The number of hydrogen-bond acceptors (Lipinski definition) is 3. The third kappa shape index (κ3) is 4.22. The molecule has 2 N–H and O–H groups in total. The molecular formula is C22H21NO3. The number of carbonyl (C=O) groups excluding carboxylic acids is 1. The van der Waals surface area contributed by atoms with E-state index in [0.717, 1.165) is 11.1 Å². The van der Waals surface area contributed by atoms with E-state index < -0.39 is 0 Å². The summed E-state index contributed by atoms with van der Waals surface area (Å²) in [6, 6.07) is 24.1. The van der Waals surface area contributed by atoms with Gasteiger partial charge in [-0.1, -0.05) is 54.6 Å². The number of benzene rings is 3. The van der Waals surface area contributed by atoms with Gasteiger partial charge in [-0.05, 0) is 23.8 Å². The second-order valence-corrected chi connectivity index (χ2v) is 6.01. The lowest BCUT2D eigenvalue weighted by molar-refractivity contribution is -0.116. The summed E-state index contributed by atoms with van der Waals surface area (Å²) in [6.45, 7) is 0.